The Morgan fingerprint density at radius 3 is 2.55 bits per heavy atom. The summed E-state index contributed by atoms with van der Waals surface area (Å²) < 4.78 is 21.0. The second kappa shape index (κ2) is 9.27. The topological polar surface area (TPSA) is 76.4 Å². The lowest BCUT2D eigenvalue weighted by molar-refractivity contribution is 0.0711. The Hall–Kier alpha value is -3.33. The molecule has 0 N–H and O–H groups in total. The van der Waals surface area contributed by atoms with Gasteiger partial charge in [-0.05, 0) is 57.1 Å². The smallest absolute Gasteiger partial charge is 0.257 e. The van der Waals surface area contributed by atoms with Crippen LogP contribution in [0.5, 0.6) is 11.6 Å². The highest BCUT2D eigenvalue weighted by molar-refractivity contribution is 5.93. The first-order valence-corrected chi connectivity index (χ1v) is 11.3. The van der Waals surface area contributed by atoms with E-state index in [0.717, 1.165) is 38.0 Å². The van der Waals surface area contributed by atoms with Crippen LogP contribution in [0.15, 0.2) is 49.1 Å². The van der Waals surface area contributed by atoms with Crippen LogP contribution in [0.25, 0.3) is 0 Å². The van der Waals surface area contributed by atoms with Gasteiger partial charge in [-0.1, -0.05) is 0 Å². The lowest BCUT2D eigenvalue weighted by Gasteiger charge is -2.31. The third kappa shape index (κ3) is 4.73. The lowest BCUT2D eigenvalue weighted by Crippen LogP contribution is -2.38. The number of benzene rings is 1. The van der Waals surface area contributed by atoms with Crippen molar-refractivity contribution in [2.75, 3.05) is 33.2 Å². The van der Waals surface area contributed by atoms with Crippen LogP contribution in [0.4, 0.5) is 4.39 Å². The molecule has 9 heteroatoms. The summed E-state index contributed by atoms with van der Waals surface area (Å²) in [5.41, 5.74) is 1.41. The van der Waals surface area contributed by atoms with E-state index in [1.165, 1.54) is 12.1 Å². The van der Waals surface area contributed by atoms with E-state index in [0.29, 0.717) is 36.3 Å². The van der Waals surface area contributed by atoms with E-state index in [-0.39, 0.29) is 17.6 Å². The van der Waals surface area contributed by atoms with Crippen molar-refractivity contribution in [1.29, 1.82) is 0 Å². The summed E-state index contributed by atoms with van der Waals surface area (Å²) in [6.07, 6.45) is 9.40. The fourth-order valence-corrected chi connectivity index (χ4v) is 4.62. The van der Waals surface area contributed by atoms with E-state index in [2.05, 4.69) is 27.0 Å². The predicted molar refractivity (Wildman–Crippen MR) is 120 cm³/mol. The number of carbonyl (C=O) groups is 1. The van der Waals surface area contributed by atoms with Gasteiger partial charge in [0.05, 0.1) is 17.8 Å². The maximum Gasteiger partial charge on any atom is 0.257 e. The van der Waals surface area contributed by atoms with Crippen molar-refractivity contribution in [1.82, 2.24) is 29.5 Å². The van der Waals surface area contributed by atoms with Crippen molar-refractivity contribution in [2.24, 2.45) is 0 Å². The molecule has 2 aromatic heterocycles. The molecule has 2 saturated heterocycles. The number of aromatic nitrogens is 4. The molecule has 2 fully saturated rings. The van der Waals surface area contributed by atoms with Gasteiger partial charge in [-0.15, -0.1) is 0 Å². The molecular formula is C24H27FN6O2. The molecular weight excluding hydrogens is 423 g/mol. The molecule has 0 bridgehead atoms. The Balaban J connectivity index is 1.22. The molecule has 1 amide bonds. The number of likely N-dealkylation sites (tertiary alicyclic amines) is 2. The Kier molecular flexibility index (Phi) is 6.04. The van der Waals surface area contributed by atoms with Gasteiger partial charge in [-0.2, -0.15) is 5.10 Å². The first-order valence-electron chi connectivity index (χ1n) is 11.3. The average Bonchev–Trinajstić information content (AvgIpc) is 3.50. The summed E-state index contributed by atoms with van der Waals surface area (Å²) in [6, 6.07) is 6.17. The minimum atomic E-state index is -0.320. The minimum absolute atomic E-state index is 0.0213. The van der Waals surface area contributed by atoms with Crippen LogP contribution < -0.4 is 4.74 Å². The van der Waals surface area contributed by atoms with Crippen LogP contribution in [0.2, 0.25) is 0 Å². The zero-order chi connectivity index (χ0) is 22.8. The molecule has 1 aromatic carbocycles. The van der Waals surface area contributed by atoms with Crippen LogP contribution in [-0.4, -0.2) is 68.7 Å². The number of rotatable bonds is 5. The molecule has 172 valence electrons. The maximum absolute atomic E-state index is 13.2. The number of amides is 1. The third-order valence-electron chi connectivity index (χ3n) is 6.48. The molecule has 4 heterocycles. The van der Waals surface area contributed by atoms with E-state index in [1.807, 2.05) is 15.8 Å². The quantitative estimate of drug-likeness (QED) is 0.592. The van der Waals surface area contributed by atoms with Crippen molar-refractivity contribution >= 4 is 5.91 Å². The monoisotopic (exact) mass is 450 g/mol. The van der Waals surface area contributed by atoms with Gasteiger partial charge in [0.1, 0.15) is 17.3 Å². The molecule has 5 rings (SSSR count). The Morgan fingerprint density at radius 2 is 1.82 bits per heavy atom. The maximum atomic E-state index is 13.2. The Labute approximate surface area is 192 Å². The van der Waals surface area contributed by atoms with Gasteiger partial charge in [0.25, 0.3) is 5.91 Å². The molecule has 3 aromatic rings. The number of carbonyl (C=O) groups excluding carboxylic acids is 1. The molecule has 1 atom stereocenters. The minimum Gasteiger partial charge on any atom is -0.437 e. The predicted octanol–water partition coefficient (Wildman–Crippen LogP) is 3.50. The van der Waals surface area contributed by atoms with E-state index in [9.17, 15) is 9.18 Å². The van der Waals surface area contributed by atoms with Gasteiger partial charge < -0.3 is 14.5 Å². The highest BCUT2D eigenvalue weighted by Gasteiger charge is 2.29. The van der Waals surface area contributed by atoms with Crippen LogP contribution in [0.3, 0.4) is 0 Å². The zero-order valence-electron chi connectivity index (χ0n) is 18.6. The van der Waals surface area contributed by atoms with Gasteiger partial charge in [-0.25, -0.2) is 9.37 Å². The standard InChI is InChI=1S/C24H27FN6O2/c1-29-11-8-20(16-29)31-15-18(14-28-31)24(32)30-12-6-17(7-13-30)22-23(27-10-9-26-22)33-21-4-2-19(25)3-5-21/h2-5,9-10,14-15,17,20H,6-8,11-13,16H2,1H3/t20-/m1/s1. The van der Waals surface area contributed by atoms with E-state index >= 15 is 0 Å². The molecule has 0 radical (unpaired) electrons. The van der Waals surface area contributed by atoms with Crippen molar-refractivity contribution in [3.63, 3.8) is 0 Å². The number of hydrogen-bond acceptors (Lipinski definition) is 6. The van der Waals surface area contributed by atoms with Gasteiger partial charge in [0.15, 0.2) is 0 Å². The summed E-state index contributed by atoms with van der Waals surface area (Å²) in [5, 5.41) is 4.45. The van der Waals surface area contributed by atoms with Crippen LogP contribution in [0.1, 0.15) is 47.3 Å². The highest BCUT2D eigenvalue weighted by Crippen LogP contribution is 2.34. The molecule has 0 saturated carbocycles. The van der Waals surface area contributed by atoms with E-state index < -0.39 is 0 Å². The van der Waals surface area contributed by atoms with E-state index in [4.69, 9.17) is 4.74 Å². The number of ether oxygens (including phenoxy) is 1. The number of hydrogen-bond donors (Lipinski definition) is 0. The fourth-order valence-electron chi connectivity index (χ4n) is 4.62. The van der Waals surface area contributed by atoms with Crippen LogP contribution in [0, 0.1) is 5.82 Å². The highest BCUT2D eigenvalue weighted by atomic mass is 19.1. The molecule has 8 nitrogen and oxygen atoms in total. The van der Waals surface area contributed by atoms with E-state index in [1.54, 1.807) is 30.7 Å². The molecule has 2 aliphatic heterocycles. The first kappa shape index (κ1) is 21.5. The van der Waals surface area contributed by atoms with Crippen molar-refractivity contribution in [2.45, 2.75) is 31.2 Å². The molecule has 0 aliphatic carbocycles. The van der Waals surface area contributed by atoms with Gasteiger partial charge >= 0.3 is 0 Å². The SMILES string of the molecule is CN1CC[C@@H](n2cc(C(=O)N3CCC(c4nccnc4Oc4ccc(F)cc4)CC3)cn2)C1. The summed E-state index contributed by atoms with van der Waals surface area (Å²) in [6.45, 7) is 3.28. The Morgan fingerprint density at radius 1 is 1.06 bits per heavy atom. The van der Waals surface area contributed by atoms with Gasteiger partial charge in [0, 0.05) is 44.1 Å². The van der Waals surface area contributed by atoms with Crippen LogP contribution in [-0.2, 0) is 0 Å². The number of likely N-dealkylation sites (N-methyl/N-ethyl adjacent to an activating group) is 1. The van der Waals surface area contributed by atoms with Gasteiger partial charge in [-0.3, -0.25) is 14.5 Å². The summed E-state index contributed by atoms with van der Waals surface area (Å²) in [4.78, 5) is 26.1. The third-order valence-corrected chi connectivity index (χ3v) is 6.48. The molecule has 0 unspecified atom stereocenters. The largest absolute Gasteiger partial charge is 0.437 e. The Bertz CT molecular complexity index is 1110. The first-order chi connectivity index (χ1) is 16.1. The number of halogens is 1. The van der Waals surface area contributed by atoms with Crippen LogP contribution >= 0.6 is 0 Å². The van der Waals surface area contributed by atoms with Gasteiger partial charge in [0.2, 0.25) is 5.88 Å². The second-order valence-corrected chi connectivity index (χ2v) is 8.78. The molecule has 0 spiro atoms. The average molecular weight is 451 g/mol. The second-order valence-electron chi connectivity index (χ2n) is 8.78. The number of piperidine rings is 1. The zero-order valence-corrected chi connectivity index (χ0v) is 18.6. The molecule has 33 heavy (non-hydrogen) atoms. The number of nitrogens with zero attached hydrogens (tertiary/aromatic N) is 6. The van der Waals surface area contributed by atoms with Crippen molar-refractivity contribution < 1.29 is 13.9 Å². The fraction of sp³-hybridized carbons (Fsp3) is 0.417. The molecule has 2 aliphatic rings. The van der Waals surface area contributed by atoms with Crippen molar-refractivity contribution in [3.05, 3.63) is 66.1 Å². The summed E-state index contributed by atoms with van der Waals surface area (Å²) >= 11 is 0. The lowest BCUT2D eigenvalue weighted by atomic mass is 9.93. The van der Waals surface area contributed by atoms with Crippen molar-refractivity contribution in [3.8, 4) is 11.6 Å². The summed E-state index contributed by atoms with van der Waals surface area (Å²) in [5.74, 6) is 0.774. The normalized spacial score (nSPS) is 19.7. The summed E-state index contributed by atoms with van der Waals surface area (Å²) in [7, 11) is 2.10.